The minimum atomic E-state index is -3.63. The van der Waals surface area contributed by atoms with Gasteiger partial charge in [0.05, 0.1) is 23.6 Å². The predicted octanol–water partition coefficient (Wildman–Crippen LogP) is 1.14. The normalized spacial score (nSPS) is 14.0. The van der Waals surface area contributed by atoms with E-state index in [1.807, 2.05) is 0 Å². The number of amides is 1. The van der Waals surface area contributed by atoms with Crippen LogP contribution in [-0.4, -0.2) is 26.7 Å². The van der Waals surface area contributed by atoms with Gasteiger partial charge in [0.15, 0.2) is 0 Å². The van der Waals surface area contributed by atoms with Crippen LogP contribution < -0.4 is 15.0 Å². The monoisotopic (exact) mass is 378 g/mol. The van der Waals surface area contributed by atoms with E-state index in [0.717, 1.165) is 13.0 Å². The van der Waals surface area contributed by atoms with Crippen LogP contribution in [0.1, 0.15) is 23.2 Å². The Labute approximate surface area is 151 Å². The molecule has 1 aliphatic heterocycles. The van der Waals surface area contributed by atoms with E-state index in [4.69, 9.17) is 11.6 Å². The van der Waals surface area contributed by atoms with Gasteiger partial charge in [-0.1, -0.05) is 23.7 Å². The Balaban J connectivity index is 1.72. The van der Waals surface area contributed by atoms with Crippen molar-refractivity contribution in [3.8, 4) is 0 Å². The highest BCUT2D eigenvalue weighted by atomic mass is 35.5. The largest absolute Gasteiger partial charge is 0.328 e. The molecule has 0 saturated carbocycles. The van der Waals surface area contributed by atoms with E-state index in [1.54, 1.807) is 24.3 Å². The minimum absolute atomic E-state index is 0.129. The van der Waals surface area contributed by atoms with Gasteiger partial charge in [-0.25, -0.2) is 0 Å². The lowest BCUT2D eigenvalue weighted by molar-refractivity contribution is -0.448. The van der Waals surface area contributed by atoms with Gasteiger partial charge in [-0.2, -0.15) is 13.1 Å². The molecule has 1 amide bonds. The molecule has 2 aromatic carbocycles. The Hall–Kier alpha value is -2.38. The topological polar surface area (TPSA) is 89.2 Å². The minimum Gasteiger partial charge on any atom is -0.322 e. The van der Waals surface area contributed by atoms with E-state index >= 15 is 0 Å². The van der Waals surface area contributed by atoms with Crippen LogP contribution in [0.2, 0.25) is 5.02 Å². The molecule has 0 aromatic heterocycles. The zero-order valence-electron chi connectivity index (χ0n) is 13.3. The summed E-state index contributed by atoms with van der Waals surface area (Å²) in [5.41, 5.74) is 0.835. The summed E-state index contributed by atoms with van der Waals surface area (Å²) >= 11 is 5.99. The third-order valence-electron chi connectivity index (χ3n) is 3.74. The average Bonchev–Trinajstić information content (AvgIpc) is 3.08. The lowest BCUT2D eigenvalue weighted by atomic mass is 10.2. The first-order valence-electron chi connectivity index (χ1n) is 7.74. The molecular formula is C17H17ClN3O3S+. The van der Waals surface area contributed by atoms with E-state index in [2.05, 4.69) is 15.0 Å². The van der Waals surface area contributed by atoms with E-state index < -0.39 is 10.0 Å². The number of carbonyl (C=O) groups is 1. The summed E-state index contributed by atoms with van der Waals surface area (Å²) in [7, 11) is -3.63. The van der Waals surface area contributed by atoms with Crippen molar-refractivity contribution in [1.29, 1.82) is 0 Å². The second kappa shape index (κ2) is 7.25. The highest BCUT2D eigenvalue weighted by Crippen LogP contribution is 2.18. The molecule has 1 aliphatic rings. The van der Waals surface area contributed by atoms with Gasteiger partial charge in [0.2, 0.25) is 0 Å². The van der Waals surface area contributed by atoms with Crippen molar-refractivity contribution in [2.45, 2.75) is 17.7 Å². The smallest absolute Gasteiger partial charge is 0.322 e. The number of benzene rings is 2. The lowest BCUT2D eigenvalue weighted by Crippen LogP contribution is -2.72. The molecule has 8 heteroatoms. The molecule has 25 heavy (non-hydrogen) atoms. The summed E-state index contributed by atoms with van der Waals surface area (Å²) in [5.74, 6) is 0.251. The summed E-state index contributed by atoms with van der Waals surface area (Å²) in [4.78, 5) is 15.3. The number of hydrogen-bond acceptors (Lipinski definition) is 3. The number of amidine groups is 1. The number of sulfonamides is 1. The number of anilines is 1. The quantitative estimate of drug-likeness (QED) is 0.745. The SMILES string of the molecule is O=C(Nc1ccc(S(=O)(=O)NC2=[NH+]CCC2)cc1)c1ccccc1Cl. The molecule has 6 nitrogen and oxygen atoms in total. The van der Waals surface area contributed by atoms with Crippen molar-refractivity contribution in [3.05, 3.63) is 59.1 Å². The Bertz CT molecular complexity index is 924. The van der Waals surface area contributed by atoms with Crippen LogP contribution in [-0.2, 0) is 10.0 Å². The number of rotatable bonds is 4. The lowest BCUT2D eigenvalue weighted by Gasteiger charge is -2.07. The van der Waals surface area contributed by atoms with Gasteiger partial charge in [-0.15, -0.1) is 0 Å². The van der Waals surface area contributed by atoms with Crippen LogP contribution in [0.25, 0.3) is 0 Å². The second-order valence-electron chi connectivity index (χ2n) is 5.57. The van der Waals surface area contributed by atoms with Crippen molar-refractivity contribution in [3.63, 3.8) is 0 Å². The van der Waals surface area contributed by atoms with Gasteiger partial charge in [-0.3, -0.25) is 9.79 Å². The molecule has 0 aliphatic carbocycles. The Morgan fingerprint density at radius 3 is 2.44 bits per heavy atom. The molecule has 1 heterocycles. The number of halogens is 1. The van der Waals surface area contributed by atoms with Crippen LogP contribution in [0.4, 0.5) is 5.69 Å². The fourth-order valence-electron chi connectivity index (χ4n) is 2.46. The van der Waals surface area contributed by atoms with Crippen molar-refractivity contribution in [2.75, 3.05) is 11.9 Å². The van der Waals surface area contributed by atoms with Crippen molar-refractivity contribution in [1.82, 2.24) is 4.72 Å². The summed E-state index contributed by atoms with van der Waals surface area (Å²) < 4.78 is 27.2. The van der Waals surface area contributed by atoms with Crippen molar-refractivity contribution in [2.24, 2.45) is 0 Å². The number of nitrogens with one attached hydrogen (secondary N) is 3. The fraction of sp³-hybridized carbons (Fsp3) is 0.176. The second-order valence-corrected chi connectivity index (χ2v) is 7.66. The predicted molar refractivity (Wildman–Crippen MR) is 96.2 cm³/mol. The van der Waals surface area contributed by atoms with E-state index in [-0.39, 0.29) is 10.8 Å². The summed E-state index contributed by atoms with van der Waals surface area (Å²) in [6, 6.07) is 12.7. The van der Waals surface area contributed by atoms with Gasteiger partial charge in [-0.05, 0) is 42.8 Å². The Kier molecular flexibility index (Phi) is 5.06. The van der Waals surface area contributed by atoms with Gasteiger partial charge in [0.25, 0.3) is 11.7 Å². The zero-order chi connectivity index (χ0) is 17.9. The standard InChI is InChI=1S/C17H16ClN3O3S/c18-15-5-2-1-4-14(15)17(22)20-12-7-9-13(10-8-12)25(23,24)21-16-6-3-11-19-16/h1-2,4-5,7-10H,3,6,11H2,(H,19,21)(H,20,22)/p+1. The molecule has 2 aromatic rings. The average molecular weight is 379 g/mol. The first-order valence-corrected chi connectivity index (χ1v) is 9.60. The Morgan fingerprint density at radius 1 is 1.08 bits per heavy atom. The van der Waals surface area contributed by atoms with E-state index in [9.17, 15) is 13.2 Å². The van der Waals surface area contributed by atoms with Crippen LogP contribution in [0.3, 0.4) is 0 Å². The maximum absolute atomic E-state index is 12.3. The molecule has 0 fully saturated rings. The van der Waals surface area contributed by atoms with Crippen LogP contribution >= 0.6 is 11.6 Å². The van der Waals surface area contributed by atoms with Crippen LogP contribution in [0.5, 0.6) is 0 Å². The third-order valence-corrected chi connectivity index (χ3v) is 5.48. The number of carbonyl (C=O) groups excluding carboxylic acids is 1. The maximum atomic E-state index is 12.3. The summed E-state index contributed by atoms with van der Waals surface area (Å²) in [6.07, 6.45) is 1.59. The number of hydrogen-bond donors (Lipinski definition) is 3. The highest BCUT2D eigenvalue weighted by molar-refractivity contribution is 7.90. The van der Waals surface area contributed by atoms with Crippen LogP contribution in [0.15, 0.2) is 53.4 Å². The first-order chi connectivity index (χ1) is 12.0. The molecular weight excluding hydrogens is 362 g/mol. The molecule has 0 radical (unpaired) electrons. The zero-order valence-corrected chi connectivity index (χ0v) is 14.8. The molecule has 3 rings (SSSR count). The highest BCUT2D eigenvalue weighted by Gasteiger charge is 2.24. The molecule has 3 N–H and O–H groups in total. The van der Waals surface area contributed by atoms with Crippen LogP contribution in [0, 0.1) is 0 Å². The van der Waals surface area contributed by atoms with Gasteiger partial charge >= 0.3 is 10.0 Å². The van der Waals surface area contributed by atoms with E-state index in [1.165, 1.54) is 24.3 Å². The van der Waals surface area contributed by atoms with Gasteiger partial charge in [0, 0.05) is 5.69 Å². The Morgan fingerprint density at radius 2 is 1.80 bits per heavy atom. The molecule has 0 bridgehead atoms. The van der Waals surface area contributed by atoms with Gasteiger partial charge in [0.1, 0.15) is 4.90 Å². The molecule has 0 atom stereocenters. The summed E-state index contributed by atoms with van der Waals surface area (Å²) in [6.45, 7) is 0.769. The molecule has 130 valence electrons. The van der Waals surface area contributed by atoms with Gasteiger partial charge < -0.3 is 5.32 Å². The summed E-state index contributed by atoms with van der Waals surface area (Å²) in [5, 5.41) is 3.05. The molecule has 0 unspecified atom stereocenters. The fourth-order valence-corrected chi connectivity index (χ4v) is 3.79. The third kappa shape index (κ3) is 4.18. The molecule has 0 saturated heterocycles. The van der Waals surface area contributed by atoms with E-state index in [0.29, 0.717) is 28.5 Å². The van der Waals surface area contributed by atoms with Crippen molar-refractivity contribution < 1.29 is 18.2 Å². The van der Waals surface area contributed by atoms with Crippen molar-refractivity contribution >= 4 is 39.1 Å². The molecule has 0 spiro atoms. The maximum Gasteiger partial charge on any atom is 0.328 e. The first kappa shape index (κ1) is 17.4.